The molecule has 0 bridgehead atoms. The third-order valence-electron chi connectivity index (χ3n) is 9.70. The van der Waals surface area contributed by atoms with Gasteiger partial charge in [-0.25, -0.2) is 15.0 Å². The summed E-state index contributed by atoms with van der Waals surface area (Å²) in [6.45, 7) is 4.67. The van der Waals surface area contributed by atoms with Crippen LogP contribution in [0.2, 0.25) is 0 Å². The van der Waals surface area contributed by atoms with Crippen LogP contribution in [0.4, 0.5) is 0 Å². The zero-order valence-electron chi connectivity index (χ0n) is 26.3. The van der Waals surface area contributed by atoms with Crippen LogP contribution in [0.25, 0.3) is 78.0 Å². The van der Waals surface area contributed by atoms with E-state index >= 15 is 0 Å². The van der Waals surface area contributed by atoms with Crippen LogP contribution in [-0.4, -0.2) is 15.0 Å². The molecule has 0 N–H and O–H groups in total. The summed E-state index contributed by atoms with van der Waals surface area (Å²) in [6, 6.07) is 53.6. The minimum atomic E-state index is -0.168. The summed E-state index contributed by atoms with van der Waals surface area (Å²) in [5.41, 5.74) is 10.2. The van der Waals surface area contributed by atoms with Crippen LogP contribution in [0.1, 0.15) is 25.0 Å². The molecule has 1 heterocycles. The standard InChI is InChI=1S/C44H31N3/c1-44(2)38-18-10-17-37(39(38)36-26-25-30-12-8-9-16-35(30)40(36)44)43-46-41(31-13-4-3-5-14-31)45-42(47-43)32-22-19-29(20-23-32)34-24-21-28-11-6-7-15-33(28)27-34/h3-27H,1-2H3. The second kappa shape index (κ2) is 10.6. The van der Waals surface area contributed by atoms with Gasteiger partial charge in [0.2, 0.25) is 0 Å². The summed E-state index contributed by atoms with van der Waals surface area (Å²) >= 11 is 0. The molecule has 0 saturated heterocycles. The van der Waals surface area contributed by atoms with Gasteiger partial charge in [-0.2, -0.15) is 0 Å². The van der Waals surface area contributed by atoms with Crippen molar-refractivity contribution in [2.24, 2.45) is 0 Å². The van der Waals surface area contributed by atoms with Crippen LogP contribution in [0, 0.1) is 0 Å². The third kappa shape index (κ3) is 4.46. The molecule has 1 aromatic heterocycles. The zero-order valence-corrected chi connectivity index (χ0v) is 26.3. The molecular formula is C44H31N3. The van der Waals surface area contributed by atoms with Gasteiger partial charge in [-0.15, -0.1) is 0 Å². The van der Waals surface area contributed by atoms with Crippen molar-refractivity contribution in [1.29, 1.82) is 0 Å². The van der Waals surface area contributed by atoms with E-state index in [0.29, 0.717) is 17.5 Å². The van der Waals surface area contributed by atoms with Gasteiger partial charge >= 0.3 is 0 Å². The Bertz CT molecular complexity index is 2480. The summed E-state index contributed by atoms with van der Waals surface area (Å²) in [6.07, 6.45) is 0. The Morgan fingerprint density at radius 3 is 1.79 bits per heavy atom. The van der Waals surface area contributed by atoms with Crippen LogP contribution in [0.15, 0.2) is 152 Å². The molecule has 7 aromatic carbocycles. The number of hydrogen-bond donors (Lipinski definition) is 0. The molecule has 0 spiro atoms. The van der Waals surface area contributed by atoms with Crippen LogP contribution < -0.4 is 0 Å². The van der Waals surface area contributed by atoms with Crippen LogP contribution >= 0.6 is 0 Å². The fourth-order valence-electron chi connectivity index (χ4n) is 7.36. The maximum Gasteiger partial charge on any atom is 0.164 e. The van der Waals surface area contributed by atoms with Crippen LogP contribution in [-0.2, 0) is 5.41 Å². The molecule has 0 fully saturated rings. The third-order valence-corrected chi connectivity index (χ3v) is 9.70. The fraction of sp³-hybridized carbons (Fsp3) is 0.0682. The maximum absolute atomic E-state index is 5.18. The van der Waals surface area contributed by atoms with Crippen molar-refractivity contribution in [3.8, 4) is 56.4 Å². The highest BCUT2D eigenvalue weighted by Crippen LogP contribution is 2.54. The Morgan fingerprint density at radius 2 is 1.00 bits per heavy atom. The summed E-state index contributed by atoms with van der Waals surface area (Å²) in [7, 11) is 0. The van der Waals surface area contributed by atoms with Gasteiger partial charge in [-0.05, 0) is 61.0 Å². The first-order chi connectivity index (χ1) is 23.0. The molecular weight excluding hydrogens is 571 g/mol. The highest BCUT2D eigenvalue weighted by atomic mass is 15.0. The Balaban J connectivity index is 1.21. The van der Waals surface area contributed by atoms with Gasteiger partial charge in [0.1, 0.15) is 0 Å². The number of nitrogens with zero attached hydrogens (tertiary/aromatic N) is 3. The van der Waals surface area contributed by atoms with E-state index in [2.05, 4.69) is 147 Å². The lowest BCUT2D eigenvalue weighted by molar-refractivity contribution is 0.666. The van der Waals surface area contributed by atoms with Crippen molar-refractivity contribution in [3.05, 3.63) is 163 Å². The van der Waals surface area contributed by atoms with E-state index in [1.165, 1.54) is 49.4 Å². The first-order valence-corrected chi connectivity index (χ1v) is 16.1. The van der Waals surface area contributed by atoms with Crippen molar-refractivity contribution in [2.75, 3.05) is 0 Å². The van der Waals surface area contributed by atoms with Gasteiger partial charge in [-0.1, -0.05) is 159 Å². The van der Waals surface area contributed by atoms with Crippen molar-refractivity contribution in [2.45, 2.75) is 19.3 Å². The quantitative estimate of drug-likeness (QED) is 0.201. The molecule has 0 unspecified atom stereocenters. The minimum absolute atomic E-state index is 0.168. The lowest BCUT2D eigenvalue weighted by Crippen LogP contribution is -2.15. The SMILES string of the molecule is CC1(C)c2cccc(-c3nc(-c4ccccc4)nc(-c4ccc(-c5ccc6ccccc6c5)cc4)n3)c2-c2ccc3ccccc3c21. The van der Waals surface area contributed by atoms with Crippen molar-refractivity contribution in [1.82, 2.24) is 15.0 Å². The Kier molecular flexibility index (Phi) is 6.16. The lowest BCUT2D eigenvalue weighted by Gasteiger charge is -2.23. The van der Waals surface area contributed by atoms with Gasteiger partial charge < -0.3 is 0 Å². The molecule has 222 valence electrons. The first kappa shape index (κ1) is 27.4. The average molecular weight is 602 g/mol. The number of fused-ring (bicyclic) bond motifs is 6. The molecule has 9 rings (SSSR count). The van der Waals surface area contributed by atoms with Gasteiger partial charge in [0.15, 0.2) is 17.5 Å². The van der Waals surface area contributed by atoms with Crippen molar-refractivity contribution in [3.63, 3.8) is 0 Å². The molecule has 8 aromatic rings. The normalized spacial score (nSPS) is 13.1. The topological polar surface area (TPSA) is 38.7 Å². The summed E-state index contributed by atoms with van der Waals surface area (Å²) < 4.78 is 0. The Labute approximate surface area is 274 Å². The Morgan fingerprint density at radius 1 is 0.404 bits per heavy atom. The molecule has 0 saturated carbocycles. The van der Waals surface area contributed by atoms with Crippen LogP contribution in [0.3, 0.4) is 0 Å². The molecule has 0 aliphatic heterocycles. The number of hydrogen-bond acceptors (Lipinski definition) is 3. The molecule has 3 heteroatoms. The zero-order chi connectivity index (χ0) is 31.5. The maximum atomic E-state index is 5.18. The molecule has 0 radical (unpaired) electrons. The fourth-order valence-corrected chi connectivity index (χ4v) is 7.36. The van der Waals surface area contributed by atoms with Crippen molar-refractivity contribution < 1.29 is 0 Å². The highest BCUT2D eigenvalue weighted by Gasteiger charge is 2.38. The Hall–Kier alpha value is -5.93. The largest absolute Gasteiger partial charge is 0.208 e. The van der Waals surface area contributed by atoms with E-state index in [0.717, 1.165) is 22.3 Å². The summed E-state index contributed by atoms with van der Waals surface area (Å²) in [5.74, 6) is 2.01. The molecule has 0 amide bonds. The number of aromatic nitrogens is 3. The first-order valence-electron chi connectivity index (χ1n) is 16.1. The predicted molar refractivity (Wildman–Crippen MR) is 194 cm³/mol. The van der Waals surface area contributed by atoms with Gasteiger partial charge in [0, 0.05) is 22.1 Å². The van der Waals surface area contributed by atoms with E-state index in [1.54, 1.807) is 0 Å². The number of rotatable bonds is 4. The van der Waals surface area contributed by atoms with Gasteiger partial charge in [-0.3, -0.25) is 0 Å². The summed E-state index contributed by atoms with van der Waals surface area (Å²) in [5, 5.41) is 5.03. The van der Waals surface area contributed by atoms with Gasteiger partial charge in [0.05, 0.1) is 0 Å². The molecule has 3 nitrogen and oxygen atoms in total. The smallest absolute Gasteiger partial charge is 0.164 e. The van der Waals surface area contributed by atoms with E-state index in [4.69, 9.17) is 15.0 Å². The van der Waals surface area contributed by atoms with E-state index in [-0.39, 0.29) is 5.41 Å². The summed E-state index contributed by atoms with van der Waals surface area (Å²) in [4.78, 5) is 15.3. The second-order valence-electron chi connectivity index (χ2n) is 12.9. The number of benzene rings is 7. The monoisotopic (exact) mass is 601 g/mol. The second-order valence-corrected chi connectivity index (χ2v) is 12.9. The van der Waals surface area contributed by atoms with Gasteiger partial charge in [0.25, 0.3) is 0 Å². The average Bonchev–Trinajstić information content (AvgIpc) is 3.38. The highest BCUT2D eigenvalue weighted by molar-refractivity contribution is 6.01. The molecule has 1 aliphatic carbocycles. The lowest BCUT2D eigenvalue weighted by atomic mass is 9.80. The van der Waals surface area contributed by atoms with Crippen LogP contribution in [0.5, 0.6) is 0 Å². The van der Waals surface area contributed by atoms with E-state index in [1.807, 2.05) is 18.2 Å². The predicted octanol–water partition coefficient (Wildman–Crippen LogP) is 11.2. The van der Waals surface area contributed by atoms with Crippen molar-refractivity contribution >= 4 is 21.5 Å². The molecule has 47 heavy (non-hydrogen) atoms. The molecule has 1 aliphatic rings. The van der Waals surface area contributed by atoms with E-state index < -0.39 is 0 Å². The van der Waals surface area contributed by atoms with E-state index in [9.17, 15) is 0 Å². The molecule has 0 atom stereocenters. The minimum Gasteiger partial charge on any atom is -0.208 e.